The first kappa shape index (κ1) is 20.2. The van der Waals surface area contributed by atoms with Crippen molar-refractivity contribution < 1.29 is 19.5 Å². The maximum Gasteiger partial charge on any atom is 0.255 e. The molecular formula is C21H23N2O4-. The molecule has 0 fully saturated rings. The number of nitrogens with zero attached hydrogens (tertiary/aromatic N) is 1. The third kappa shape index (κ3) is 4.94. The molecular weight excluding hydrogens is 344 g/mol. The molecule has 0 aliphatic carbocycles. The minimum Gasteiger partial charge on any atom is -0.545 e. The fourth-order valence-corrected chi connectivity index (χ4v) is 2.87. The van der Waals surface area contributed by atoms with Crippen molar-refractivity contribution in [3.05, 3.63) is 65.2 Å². The van der Waals surface area contributed by atoms with Gasteiger partial charge in [-0.25, -0.2) is 0 Å². The number of carbonyl (C=O) groups is 3. The van der Waals surface area contributed by atoms with Crippen LogP contribution in [0.3, 0.4) is 0 Å². The molecule has 0 bridgehead atoms. The summed E-state index contributed by atoms with van der Waals surface area (Å²) in [5.41, 5.74) is 1.43. The Morgan fingerprint density at radius 3 is 1.67 bits per heavy atom. The smallest absolute Gasteiger partial charge is 0.255 e. The monoisotopic (exact) mass is 367 g/mol. The van der Waals surface area contributed by atoms with E-state index in [1.165, 1.54) is 24.3 Å². The molecule has 0 saturated heterocycles. The van der Waals surface area contributed by atoms with E-state index in [1.54, 1.807) is 29.2 Å². The van der Waals surface area contributed by atoms with E-state index in [2.05, 4.69) is 5.32 Å². The van der Waals surface area contributed by atoms with Crippen molar-refractivity contribution in [2.75, 3.05) is 5.32 Å². The zero-order chi connectivity index (χ0) is 20.1. The van der Waals surface area contributed by atoms with Crippen molar-refractivity contribution in [2.24, 2.45) is 0 Å². The number of rotatable bonds is 6. The molecule has 6 nitrogen and oxygen atoms in total. The van der Waals surface area contributed by atoms with Gasteiger partial charge >= 0.3 is 0 Å². The highest BCUT2D eigenvalue weighted by Crippen LogP contribution is 2.15. The van der Waals surface area contributed by atoms with Crippen LogP contribution in [0.15, 0.2) is 48.5 Å². The lowest BCUT2D eigenvalue weighted by Gasteiger charge is -2.30. The van der Waals surface area contributed by atoms with Gasteiger partial charge in [0.25, 0.3) is 11.8 Å². The number of hydrogen-bond acceptors (Lipinski definition) is 4. The maximum atomic E-state index is 12.7. The number of aromatic carboxylic acids is 1. The summed E-state index contributed by atoms with van der Waals surface area (Å²) in [6.45, 7) is 7.85. The highest BCUT2D eigenvalue weighted by atomic mass is 16.4. The predicted molar refractivity (Wildman–Crippen MR) is 102 cm³/mol. The summed E-state index contributed by atoms with van der Waals surface area (Å²) in [7, 11) is 0. The Bertz CT molecular complexity index is 816. The zero-order valence-corrected chi connectivity index (χ0v) is 15.9. The van der Waals surface area contributed by atoms with Gasteiger partial charge in [0.1, 0.15) is 0 Å². The molecule has 0 atom stereocenters. The Hall–Kier alpha value is -3.15. The lowest BCUT2D eigenvalue weighted by Crippen LogP contribution is -2.42. The van der Waals surface area contributed by atoms with E-state index < -0.39 is 5.97 Å². The van der Waals surface area contributed by atoms with Crippen molar-refractivity contribution in [2.45, 2.75) is 39.8 Å². The Kier molecular flexibility index (Phi) is 6.34. The first-order chi connectivity index (χ1) is 12.7. The van der Waals surface area contributed by atoms with E-state index in [4.69, 9.17) is 0 Å². The van der Waals surface area contributed by atoms with E-state index >= 15 is 0 Å². The van der Waals surface area contributed by atoms with Crippen LogP contribution >= 0.6 is 0 Å². The Labute approximate surface area is 158 Å². The summed E-state index contributed by atoms with van der Waals surface area (Å²) < 4.78 is 0. The van der Waals surface area contributed by atoms with Crippen molar-refractivity contribution in [3.63, 3.8) is 0 Å². The van der Waals surface area contributed by atoms with E-state index in [0.717, 1.165) is 0 Å². The summed E-state index contributed by atoms with van der Waals surface area (Å²) in [6, 6.07) is 12.3. The molecule has 0 radical (unpaired) electrons. The van der Waals surface area contributed by atoms with Crippen LogP contribution in [-0.4, -0.2) is 34.8 Å². The van der Waals surface area contributed by atoms with Crippen LogP contribution in [0.5, 0.6) is 0 Å². The number of hydrogen-bond donors (Lipinski definition) is 1. The van der Waals surface area contributed by atoms with Crippen molar-refractivity contribution in [3.8, 4) is 0 Å². The van der Waals surface area contributed by atoms with Gasteiger partial charge in [0.15, 0.2) is 0 Å². The Morgan fingerprint density at radius 1 is 0.778 bits per heavy atom. The molecule has 0 unspecified atom stereocenters. The molecule has 6 heteroatoms. The minimum atomic E-state index is -1.27. The summed E-state index contributed by atoms with van der Waals surface area (Å²) in [5.74, 6) is -1.70. The summed E-state index contributed by atoms with van der Waals surface area (Å²) in [5, 5.41) is 13.4. The van der Waals surface area contributed by atoms with E-state index in [9.17, 15) is 19.5 Å². The Balaban J connectivity index is 2.10. The third-order valence-corrected chi connectivity index (χ3v) is 4.12. The van der Waals surface area contributed by atoms with Gasteiger partial charge in [0.2, 0.25) is 0 Å². The number of anilines is 1. The van der Waals surface area contributed by atoms with Crippen LogP contribution in [0.4, 0.5) is 5.69 Å². The number of carboxylic acid groups (broad SMARTS) is 1. The first-order valence-electron chi connectivity index (χ1n) is 8.76. The molecule has 2 aromatic rings. The number of nitrogens with one attached hydrogen (secondary N) is 1. The quantitative estimate of drug-likeness (QED) is 0.850. The van der Waals surface area contributed by atoms with Gasteiger partial charge < -0.3 is 20.1 Å². The van der Waals surface area contributed by atoms with Crippen LogP contribution in [-0.2, 0) is 0 Å². The molecule has 1 N–H and O–H groups in total. The fourth-order valence-electron chi connectivity index (χ4n) is 2.87. The van der Waals surface area contributed by atoms with Crippen LogP contribution in [0.2, 0.25) is 0 Å². The van der Waals surface area contributed by atoms with Gasteiger partial charge in [-0.1, -0.05) is 12.1 Å². The minimum absolute atomic E-state index is 0.0377. The number of amides is 2. The molecule has 142 valence electrons. The van der Waals surface area contributed by atoms with Gasteiger partial charge in [-0.2, -0.15) is 0 Å². The molecule has 2 amide bonds. The number of carboxylic acids is 1. The topological polar surface area (TPSA) is 89.5 Å². The molecule has 0 saturated carbocycles. The van der Waals surface area contributed by atoms with Crippen LogP contribution in [0, 0.1) is 0 Å². The summed E-state index contributed by atoms with van der Waals surface area (Å²) >= 11 is 0. The zero-order valence-electron chi connectivity index (χ0n) is 15.9. The lowest BCUT2D eigenvalue weighted by molar-refractivity contribution is -0.255. The van der Waals surface area contributed by atoms with Crippen molar-refractivity contribution in [1.29, 1.82) is 0 Å². The standard InChI is InChI=1S/C21H24N2O4/c1-13(2)23(14(3)4)20(25)16-7-5-15(6-8-16)19(24)22-18-11-9-17(10-12-18)21(26)27/h5-14H,1-4H3,(H,22,24)(H,26,27)/p-1. The van der Waals surface area contributed by atoms with Gasteiger partial charge in [-0.05, 0) is 69.7 Å². The third-order valence-electron chi connectivity index (χ3n) is 4.12. The van der Waals surface area contributed by atoms with E-state index in [-0.39, 0.29) is 29.5 Å². The second-order valence-electron chi connectivity index (χ2n) is 6.80. The van der Waals surface area contributed by atoms with Gasteiger partial charge in [0, 0.05) is 28.9 Å². The molecule has 2 aromatic carbocycles. The number of benzene rings is 2. The molecule has 2 rings (SSSR count). The molecule has 0 aromatic heterocycles. The fraction of sp³-hybridized carbons (Fsp3) is 0.286. The van der Waals surface area contributed by atoms with Gasteiger partial charge in [0.05, 0.1) is 5.97 Å². The predicted octanol–water partition coefficient (Wildman–Crippen LogP) is 2.56. The number of carbonyl (C=O) groups excluding carboxylic acids is 3. The van der Waals surface area contributed by atoms with Crippen molar-refractivity contribution >= 4 is 23.5 Å². The molecule has 0 aliphatic heterocycles. The highest BCUT2D eigenvalue weighted by Gasteiger charge is 2.21. The van der Waals surface area contributed by atoms with E-state index in [0.29, 0.717) is 16.8 Å². The van der Waals surface area contributed by atoms with E-state index in [1.807, 2.05) is 27.7 Å². The average molecular weight is 367 g/mol. The van der Waals surface area contributed by atoms with Crippen LogP contribution in [0.1, 0.15) is 58.8 Å². The van der Waals surface area contributed by atoms with Crippen LogP contribution < -0.4 is 10.4 Å². The van der Waals surface area contributed by atoms with Crippen molar-refractivity contribution in [1.82, 2.24) is 4.90 Å². The molecule has 0 spiro atoms. The highest BCUT2D eigenvalue weighted by molar-refractivity contribution is 6.05. The normalized spacial score (nSPS) is 10.7. The second-order valence-corrected chi connectivity index (χ2v) is 6.80. The molecule has 0 heterocycles. The summed E-state index contributed by atoms with van der Waals surface area (Å²) in [4.78, 5) is 37.5. The average Bonchev–Trinajstić information content (AvgIpc) is 2.61. The molecule has 27 heavy (non-hydrogen) atoms. The second kappa shape index (κ2) is 8.49. The Morgan fingerprint density at radius 2 is 1.22 bits per heavy atom. The maximum absolute atomic E-state index is 12.7. The largest absolute Gasteiger partial charge is 0.545 e. The van der Waals surface area contributed by atoms with Crippen LogP contribution in [0.25, 0.3) is 0 Å². The van der Waals surface area contributed by atoms with Gasteiger partial charge in [-0.15, -0.1) is 0 Å². The first-order valence-corrected chi connectivity index (χ1v) is 8.76. The lowest BCUT2D eigenvalue weighted by atomic mass is 10.1. The SMILES string of the molecule is CC(C)N(C(=O)c1ccc(C(=O)Nc2ccc(C(=O)[O-])cc2)cc1)C(C)C. The van der Waals surface area contributed by atoms with Gasteiger partial charge in [-0.3, -0.25) is 9.59 Å². The molecule has 0 aliphatic rings. The summed E-state index contributed by atoms with van der Waals surface area (Å²) in [6.07, 6.45) is 0.